The molecule has 1 N–H and O–H groups in total. The maximum absolute atomic E-state index is 6.17. The van der Waals surface area contributed by atoms with Crippen LogP contribution >= 0.6 is 45.9 Å². The van der Waals surface area contributed by atoms with Gasteiger partial charge in [-0.2, -0.15) is 0 Å². The molecule has 19 heavy (non-hydrogen) atoms. The van der Waals surface area contributed by atoms with E-state index in [2.05, 4.69) is 23.3 Å². The Balaban J connectivity index is 1.85. The van der Waals surface area contributed by atoms with E-state index >= 15 is 0 Å². The second-order valence-electron chi connectivity index (χ2n) is 4.18. The number of fused-ring (bicyclic) bond motifs is 1. The van der Waals surface area contributed by atoms with Crippen molar-refractivity contribution in [3.05, 3.63) is 44.0 Å². The van der Waals surface area contributed by atoms with Crippen LogP contribution in [0, 0.1) is 0 Å². The molecule has 3 rings (SSSR count). The van der Waals surface area contributed by atoms with Gasteiger partial charge in [0, 0.05) is 11.3 Å². The van der Waals surface area contributed by atoms with Crippen molar-refractivity contribution >= 4 is 61.8 Å². The smallest absolute Gasteiger partial charge is 0.0996 e. The summed E-state index contributed by atoms with van der Waals surface area (Å²) in [7, 11) is 0. The SMILES string of the molecule is CC(Nc1ccc2ncsc2c1)c1cc(Cl)sc1Cl. The Morgan fingerprint density at radius 1 is 1.26 bits per heavy atom. The first-order valence-corrected chi connectivity index (χ1v) is 8.13. The maximum Gasteiger partial charge on any atom is 0.0996 e. The topological polar surface area (TPSA) is 24.9 Å². The van der Waals surface area contributed by atoms with Gasteiger partial charge in [0.2, 0.25) is 0 Å². The highest BCUT2D eigenvalue weighted by molar-refractivity contribution is 7.20. The lowest BCUT2D eigenvalue weighted by Crippen LogP contribution is -2.05. The predicted octanol–water partition coefficient (Wildman–Crippen LogP) is 5.84. The van der Waals surface area contributed by atoms with E-state index in [-0.39, 0.29) is 6.04 Å². The van der Waals surface area contributed by atoms with Crippen molar-refractivity contribution in [2.24, 2.45) is 0 Å². The molecule has 1 atom stereocenters. The van der Waals surface area contributed by atoms with Crippen molar-refractivity contribution in [2.75, 3.05) is 5.32 Å². The molecule has 0 fully saturated rings. The van der Waals surface area contributed by atoms with Crippen LogP contribution in [0.2, 0.25) is 8.67 Å². The van der Waals surface area contributed by atoms with Gasteiger partial charge in [-0.1, -0.05) is 23.2 Å². The van der Waals surface area contributed by atoms with Crippen molar-refractivity contribution in [3.8, 4) is 0 Å². The number of halogens is 2. The highest BCUT2D eigenvalue weighted by Crippen LogP contribution is 2.36. The Morgan fingerprint density at radius 2 is 2.11 bits per heavy atom. The quantitative estimate of drug-likeness (QED) is 0.653. The highest BCUT2D eigenvalue weighted by atomic mass is 35.5. The number of hydrogen-bond acceptors (Lipinski definition) is 4. The summed E-state index contributed by atoms with van der Waals surface area (Å²) in [6.45, 7) is 2.07. The molecular formula is C13H10Cl2N2S2. The summed E-state index contributed by atoms with van der Waals surface area (Å²) in [4.78, 5) is 4.27. The van der Waals surface area contributed by atoms with Crippen LogP contribution in [-0.2, 0) is 0 Å². The van der Waals surface area contributed by atoms with Crippen LogP contribution in [-0.4, -0.2) is 4.98 Å². The number of rotatable bonds is 3. The molecular weight excluding hydrogens is 319 g/mol. The molecule has 0 amide bonds. The second kappa shape index (κ2) is 5.29. The molecule has 0 spiro atoms. The Bertz CT molecular complexity index is 720. The summed E-state index contributed by atoms with van der Waals surface area (Å²) < 4.78 is 2.63. The molecule has 2 aromatic heterocycles. The molecule has 2 nitrogen and oxygen atoms in total. The summed E-state index contributed by atoms with van der Waals surface area (Å²) in [6.07, 6.45) is 0. The fraction of sp³-hybridized carbons (Fsp3) is 0.154. The number of nitrogens with zero attached hydrogens (tertiary/aromatic N) is 1. The number of thiazole rings is 1. The normalized spacial score (nSPS) is 12.8. The zero-order chi connectivity index (χ0) is 13.4. The summed E-state index contributed by atoms with van der Waals surface area (Å²) in [5.74, 6) is 0. The van der Waals surface area contributed by atoms with Gasteiger partial charge in [0.15, 0.2) is 0 Å². The van der Waals surface area contributed by atoms with Gasteiger partial charge in [0.05, 0.1) is 30.4 Å². The van der Waals surface area contributed by atoms with Gasteiger partial charge >= 0.3 is 0 Å². The fourth-order valence-corrected chi connectivity index (χ4v) is 4.28. The lowest BCUT2D eigenvalue weighted by molar-refractivity contribution is 0.891. The van der Waals surface area contributed by atoms with Crippen LogP contribution in [0.4, 0.5) is 5.69 Å². The highest BCUT2D eigenvalue weighted by Gasteiger charge is 2.13. The Labute approximate surface area is 129 Å². The second-order valence-corrected chi connectivity index (χ2v) is 7.35. The first-order chi connectivity index (χ1) is 9.13. The zero-order valence-electron chi connectivity index (χ0n) is 9.98. The molecule has 0 saturated heterocycles. The van der Waals surface area contributed by atoms with E-state index in [1.165, 1.54) is 16.0 Å². The number of aromatic nitrogens is 1. The van der Waals surface area contributed by atoms with Gasteiger partial charge in [-0.15, -0.1) is 22.7 Å². The van der Waals surface area contributed by atoms with E-state index in [1.54, 1.807) is 11.3 Å². The van der Waals surface area contributed by atoms with Gasteiger partial charge < -0.3 is 5.32 Å². The van der Waals surface area contributed by atoms with Crippen LogP contribution in [0.15, 0.2) is 29.8 Å². The lowest BCUT2D eigenvalue weighted by Gasteiger charge is -2.14. The Hall–Kier alpha value is -0.810. The number of hydrogen-bond donors (Lipinski definition) is 1. The third-order valence-corrected chi connectivity index (χ3v) is 5.17. The van der Waals surface area contributed by atoms with E-state index in [1.807, 2.05) is 23.7 Å². The number of benzene rings is 1. The first-order valence-electron chi connectivity index (χ1n) is 5.68. The van der Waals surface area contributed by atoms with Crippen molar-refractivity contribution in [1.29, 1.82) is 0 Å². The summed E-state index contributed by atoms with van der Waals surface area (Å²) in [5, 5.41) is 3.44. The summed E-state index contributed by atoms with van der Waals surface area (Å²) in [5.41, 5.74) is 4.97. The van der Waals surface area contributed by atoms with Gasteiger partial charge in [-0.25, -0.2) is 4.98 Å². The number of nitrogens with one attached hydrogen (secondary N) is 1. The van der Waals surface area contributed by atoms with E-state index in [4.69, 9.17) is 23.2 Å². The van der Waals surface area contributed by atoms with Crippen LogP contribution in [0.1, 0.15) is 18.5 Å². The van der Waals surface area contributed by atoms with Crippen molar-refractivity contribution in [2.45, 2.75) is 13.0 Å². The molecule has 98 valence electrons. The van der Waals surface area contributed by atoms with E-state index in [9.17, 15) is 0 Å². The predicted molar refractivity (Wildman–Crippen MR) is 86.0 cm³/mol. The maximum atomic E-state index is 6.17. The average molecular weight is 329 g/mol. The standard InChI is InChI=1S/C13H10Cl2N2S2/c1-7(9-5-12(14)19-13(9)15)17-8-2-3-10-11(4-8)18-6-16-10/h2-7,17H,1H3. The minimum Gasteiger partial charge on any atom is -0.378 e. The molecule has 6 heteroatoms. The van der Waals surface area contributed by atoms with Gasteiger partial charge in [0.1, 0.15) is 0 Å². The molecule has 0 radical (unpaired) electrons. The van der Waals surface area contributed by atoms with Crippen LogP contribution in [0.25, 0.3) is 10.2 Å². The van der Waals surface area contributed by atoms with E-state index in [0.29, 0.717) is 4.34 Å². The van der Waals surface area contributed by atoms with Gasteiger partial charge in [-0.05, 0) is 31.2 Å². The molecule has 3 aromatic rings. The minimum absolute atomic E-state index is 0.113. The Kier molecular flexibility index (Phi) is 3.67. The third kappa shape index (κ3) is 2.72. The molecule has 2 heterocycles. The van der Waals surface area contributed by atoms with E-state index in [0.717, 1.165) is 21.1 Å². The van der Waals surface area contributed by atoms with Gasteiger partial charge in [-0.3, -0.25) is 0 Å². The van der Waals surface area contributed by atoms with Crippen molar-refractivity contribution in [3.63, 3.8) is 0 Å². The summed E-state index contributed by atoms with van der Waals surface area (Å²) in [6, 6.07) is 8.17. The summed E-state index contributed by atoms with van der Waals surface area (Å²) >= 11 is 15.2. The van der Waals surface area contributed by atoms with E-state index < -0.39 is 0 Å². The van der Waals surface area contributed by atoms with Crippen molar-refractivity contribution < 1.29 is 0 Å². The van der Waals surface area contributed by atoms with Gasteiger partial charge in [0.25, 0.3) is 0 Å². The third-order valence-electron chi connectivity index (χ3n) is 2.86. The monoisotopic (exact) mass is 328 g/mol. The fourth-order valence-electron chi connectivity index (χ4n) is 1.92. The first kappa shape index (κ1) is 13.2. The van der Waals surface area contributed by atoms with Crippen molar-refractivity contribution in [1.82, 2.24) is 4.98 Å². The molecule has 0 bridgehead atoms. The average Bonchev–Trinajstić information content (AvgIpc) is 2.94. The van der Waals surface area contributed by atoms with Crippen LogP contribution in [0.3, 0.4) is 0 Å². The van der Waals surface area contributed by atoms with Crippen LogP contribution in [0.5, 0.6) is 0 Å². The molecule has 1 aromatic carbocycles. The molecule has 0 saturated carbocycles. The Morgan fingerprint density at radius 3 is 2.84 bits per heavy atom. The molecule has 0 aliphatic rings. The molecule has 0 aliphatic heterocycles. The minimum atomic E-state index is 0.113. The number of thiophene rings is 1. The zero-order valence-corrected chi connectivity index (χ0v) is 13.1. The van der Waals surface area contributed by atoms with Crippen LogP contribution < -0.4 is 5.32 Å². The molecule has 1 unspecified atom stereocenters. The number of anilines is 1. The lowest BCUT2D eigenvalue weighted by atomic mass is 10.1. The molecule has 0 aliphatic carbocycles. The largest absolute Gasteiger partial charge is 0.378 e.